The molecule has 6 nitrogen and oxygen atoms in total. The summed E-state index contributed by atoms with van der Waals surface area (Å²) in [7, 11) is 1.41. The Kier molecular flexibility index (Phi) is 3.88. The van der Waals surface area contributed by atoms with E-state index < -0.39 is 29.1 Å². The predicted octanol–water partition coefficient (Wildman–Crippen LogP) is 2.62. The van der Waals surface area contributed by atoms with Crippen molar-refractivity contribution in [2.75, 3.05) is 7.11 Å². The van der Waals surface area contributed by atoms with Crippen LogP contribution in [0.5, 0.6) is 5.75 Å². The summed E-state index contributed by atoms with van der Waals surface area (Å²) in [6.45, 7) is 0. The van der Waals surface area contributed by atoms with Crippen molar-refractivity contribution in [1.82, 2.24) is 4.57 Å². The maximum Gasteiger partial charge on any atom is 0.323 e. The lowest BCUT2D eigenvalue weighted by molar-refractivity contribution is 0.0996. The Morgan fingerprint density at radius 1 is 1.08 bits per heavy atom. The Morgan fingerprint density at radius 2 is 1.80 bits per heavy atom. The molecule has 0 aliphatic heterocycles. The maximum absolute atomic E-state index is 14.5. The highest BCUT2D eigenvalue weighted by Crippen LogP contribution is 2.38. The molecule has 1 aromatic heterocycles. The minimum absolute atomic E-state index is 0.156. The quantitative estimate of drug-likeness (QED) is 0.763. The highest BCUT2D eigenvalue weighted by atomic mass is 19.1. The first-order chi connectivity index (χ1) is 11.8. The molecule has 8 heteroatoms. The molecule has 4 N–H and O–H groups in total. The van der Waals surface area contributed by atoms with Crippen LogP contribution >= 0.6 is 0 Å². The van der Waals surface area contributed by atoms with E-state index in [1.165, 1.54) is 13.3 Å². The fraction of sp³-hybridized carbons (Fsp3) is 0.0588. The third-order valence-corrected chi connectivity index (χ3v) is 3.86. The Labute approximate surface area is 140 Å². The van der Waals surface area contributed by atoms with Crippen LogP contribution in [0.25, 0.3) is 22.0 Å². The molecule has 0 unspecified atom stereocenters. The smallest absolute Gasteiger partial charge is 0.323 e. The number of nitrogens with two attached hydrogens (primary N) is 2. The van der Waals surface area contributed by atoms with Crippen LogP contribution in [0.3, 0.4) is 0 Å². The van der Waals surface area contributed by atoms with Gasteiger partial charge in [-0.05, 0) is 24.3 Å². The number of fused-ring (bicyclic) bond motifs is 1. The van der Waals surface area contributed by atoms with Crippen molar-refractivity contribution in [3.8, 4) is 16.9 Å². The number of amides is 2. The van der Waals surface area contributed by atoms with Gasteiger partial charge in [0.25, 0.3) is 5.91 Å². The van der Waals surface area contributed by atoms with Gasteiger partial charge in [0.15, 0.2) is 0 Å². The standard InChI is InChI=1S/C17H13F2N3O3/c1-25-14-4-2-3-13-15(14)10(7-22(13)17(21)24)8-5-12(19)9(16(20)23)6-11(8)18/h2-7H,1H3,(H2,20,23)(H2,21,24). The first-order valence-corrected chi connectivity index (χ1v) is 7.12. The average Bonchev–Trinajstić information content (AvgIpc) is 2.96. The number of primary amides is 2. The molecule has 1 heterocycles. The molecule has 3 rings (SSSR count). The molecule has 0 atom stereocenters. The zero-order valence-electron chi connectivity index (χ0n) is 13.0. The average molecular weight is 345 g/mol. The van der Waals surface area contributed by atoms with Gasteiger partial charge < -0.3 is 16.2 Å². The normalized spacial score (nSPS) is 10.8. The topological polar surface area (TPSA) is 100 Å². The van der Waals surface area contributed by atoms with E-state index in [1.54, 1.807) is 18.2 Å². The highest BCUT2D eigenvalue weighted by Gasteiger charge is 2.21. The van der Waals surface area contributed by atoms with Gasteiger partial charge in [-0.3, -0.25) is 9.36 Å². The summed E-state index contributed by atoms with van der Waals surface area (Å²) < 4.78 is 35.0. The van der Waals surface area contributed by atoms with Gasteiger partial charge in [-0.25, -0.2) is 13.6 Å². The minimum atomic E-state index is -1.08. The van der Waals surface area contributed by atoms with E-state index in [0.29, 0.717) is 16.7 Å². The van der Waals surface area contributed by atoms with Crippen LogP contribution < -0.4 is 16.2 Å². The summed E-state index contributed by atoms with van der Waals surface area (Å²) >= 11 is 0. The Morgan fingerprint density at radius 3 is 2.40 bits per heavy atom. The Bertz CT molecular complexity index is 1030. The zero-order chi connectivity index (χ0) is 18.3. The fourth-order valence-corrected chi connectivity index (χ4v) is 2.75. The van der Waals surface area contributed by atoms with Crippen molar-refractivity contribution >= 4 is 22.8 Å². The lowest BCUT2D eigenvalue weighted by atomic mass is 10.0. The van der Waals surface area contributed by atoms with Crippen LogP contribution in [-0.4, -0.2) is 23.6 Å². The van der Waals surface area contributed by atoms with E-state index in [0.717, 1.165) is 16.7 Å². The molecule has 2 amide bonds. The Balaban J connectivity index is 2.38. The van der Waals surface area contributed by atoms with Crippen LogP contribution in [0.4, 0.5) is 13.6 Å². The van der Waals surface area contributed by atoms with E-state index in [2.05, 4.69) is 0 Å². The van der Waals surface area contributed by atoms with Gasteiger partial charge in [-0.1, -0.05) is 6.07 Å². The molecule has 0 radical (unpaired) electrons. The number of ether oxygens (including phenoxy) is 1. The third-order valence-electron chi connectivity index (χ3n) is 3.86. The molecule has 0 aliphatic rings. The summed E-state index contributed by atoms with van der Waals surface area (Å²) in [4.78, 5) is 22.8. The third kappa shape index (κ3) is 2.57. The number of hydrogen-bond acceptors (Lipinski definition) is 3. The summed E-state index contributed by atoms with van der Waals surface area (Å²) in [6.07, 6.45) is 1.29. The summed E-state index contributed by atoms with van der Waals surface area (Å²) in [5, 5.41) is 0.383. The van der Waals surface area contributed by atoms with Crippen LogP contribution in [-0.2, 0) is 0 Å². The van der Waals surface area contributed by atoms with Gasteiger partial charge in [0, 0.05) is 17.3 Å². The maximum atomic E-state index is 14.5. The SMILES string of the molecule is COc1cccc2c1c(-c1cc(F)c(C(N)=O)cc1F)cn2C(N)=O. The van der Waals surface area contributed by atoms with Crippen molar-refractivity contribution in [2.45, 2.75) is 0 Å². The van der Waals surface area contributed by atoms with Crippen molar-refractivity contribution in [3.05, 3.63) is 53.7 Å². The molecule has 0 aliphatic carbocycles. The number of halogens is 2. The molecular weight excluding hydrogens is 332 g/mol. The van der Waals surface area contributed by atoms with Gasteiger partial charge in [-0.2, -0.15) is 0 Å². The highest BCUT2D eigenvalue weighted by molar-refractivity contribution is 6.05. The van der Waals surface area contributed by atoms with Crippen LogP contribution in [0, 0.1) is 11.6 Å². The van der Waals surface area contributed by atoms with Gasteiger partial charge in [0.2, 0.25) is 0 Å². The van der Waals surface area contributed by atoms with Gasteiger partial charge >= 0.3 is 6.03 Å². The zero-order valence-corrected chi connectivity index (χ0v) is 13.0. The molecule has 0 spiro atoms. The molecule has 128 valence electrons. The molecule has 0 fully saturated rings. The molecule has 2 aromatic carbocycles. The van der Waals surface area contributed by atoms with Gasteiger partial charge in [0.1, 0.15) is 17.4 Å². The first-order valence-electron chi connectivity index (χ1n) is 7.12. The number of rotatable bonds is 3. The number of hydrogen-bond donors (Lipinski definition) is 2. The molecule has 0 bridgehead atoms. The van der Waals surface area contributed by atoms with Crippen molar-refractivity contribution in [3.63, 3.8) is 0 Å². The number of nitrogens with zero attached hydrogens (tertiary/aromatic N) is 1. The molecule has 0 saturated heterocycles. The number of aromatic nitrogens is 1. The molecule has 25 heavy (non-hydrogen) atoms. The fourth-order valence-electron chi connectivity index (χ4n) is 2.75. The summed E-state index contributed by atoms with van der Waals surface area (Å²) in [5.41, 5.74) is 10.2. The molecule has 0 saturated carbocycles. The predicted molar refractivity (Wildman–Crippen MR) is 87.3 cm³/mol. The van der Waals surface area contributed by atoms with Gasteiger partial charge in [-0.15, -0.1) is 0 Å². The monoisotopic (exact) mass is 345 g/mol. The van der Waals surface area contributed by atoms with Crippen LogP contribution in [0.2, 0.25) is 0 Å². The second-order valence-corrected chi connectivity index (χ2v) is 5.28. The minimum Gasteiger partial charge on any atom is -0.496 e. The van der Waals surface area contributed by atoms with E-state index in [-0.39, 0.29) is 11.1 Å². The number of carbonyl (C=O) groups is 2. The van der Waals surface area contributed by atoms with Crippen molar-refractivity contribution in [1.29, 1.82) is 0 Å². The van der Waals surface area contributed by atoms with Gasteiger partial charge in [0.05, 0.1) is 23.6 Å². The van der Waals surface area contributed by atoms with E-state index in [4.69, 9.17) is 16.2 Å². The lowest BCUT2D eigenvalue weighted by Crippen LogP contribution is -2.18. The van der Waals surface area contributed by atoms with E-state index in [9.17, 15) is 18.4 Å². The summed E-state index contributed by atoms with van der Waals surface area (Å²) in [6, 6.07) is 5.62. The van der Waals surface area contributed by atoms with Crippen molar-refractivity contribution < 1.29 is 23.1 Å². The number of carbonyl (C=O) groups excluding carboxylic acids is 2. The number of methoxy groups -OCH3 is 1. The van der Waals surface area contributed by atoms with Crippen molar-refractivity contribution in [2.24, 2.45) is 11.5 Å². The lowest BCUT2D eigenvalue weighted by Gasteiger charge is -2.08. The number of benzene rings is 2. The largest absolute Gasteiger partial charge is 0.496 e. The summed E-state index contributed by atoms with van der Waals surface area (Å²) in [5.74, 6) is -2.57. The van der Waals surface area contributed by atoms with E-state index >= 15 is 0 Å². The molecule has 3 aromatic rings. The van der Waals surface area contributed by atoms with Crippen LogP contribution in [0.15, 0.2) is 36.5 Å². The second-order valence-electron chi connectivity index (χ2n) is 5.28. The second kappa shape index (κ2) is 5.90. The first kappa shape index (κ1) is 16.4. The van der Waals surface area contributed by atoms with Crippen LogP contribution in [0.1, 0.15) is 10.4 Å². The Hall–Kier alpha value is -3.42. The molecular formula is C17H13F2N3O3. The van der Waals surface area contributed by atoms with E-state index in [1.807, 2.05) is 0 Å².